The van der Waals surface area contributed by atoms with E-state index in [1.165, 1.54) is 0 Å². The maximum Gasteiger partial charge on any atom is 0.332 e. The third-order valence-corrected chi connectivity index (χ3v) is 2.97. The molecule has 4 nitrogen and oxygen atoms in total. The second kappa shape index (κ2) is 7.26. The molecule has 104 valence electrons. The summed E-state index contributed by atoms with van der Waals surface area (Å²) in [6.07, 6.45) is 2.08. The molecule has 19 heavy (non-hydrogen) atoms. The van der Waals surface area contributed by atoms with Gasteiger partial charge in [-0.3, -0.25) is 0 Å². The van der Waals surface area contributed by atoms with Crippen LogP contribution in [0.15, 0.2) is 30.3 Å². The van der Waals surface area contributed by atoms with Crippen molar-refractivity contribution in [3.8, 4) is 0 Å². The number of ether oxygens (including phenoxy) is 3. The lowest BCUT2D eigenvalue weighted by atomic mass is 10.1. The molecule has 0 saturated carbocycles. The topological polar surface area (TPSA) is 48.1 Å². The van der Waals surface area contributed by atoms with Crippen LogP contribution in [0.2, 0.25) is 0 Å². The van der Waals surface area contributed by atoms with Crippen molar-refractivity contribution in [1.29, 1.82) is 0 Å². The molecule has 2 atom stereocenters. The Morgan fingerprint density at radius 3 is 2.84 bits per heavy atom. The van der Waals surface area contributed by atoms with Gasteiger partial charge in [-0.1, -0.05) is 43.7 Å². The average Bonchev–Trinajstić information content (AvgIpc) is 3.20. The molecule has 4 heteroatoms. The van der Waals surface area contributed by atoms with Crippen molar-refractivity contribution in [1.82, 2.24) is 0 Å². The van der Waals surface area contributed by atoms with Crippen molar-refractivity contribution in [3.63, 3.8) is 0 Å². The lowest BCUT2D eigenvalue weighted by Crippen LogP contribution is -2.15. The zero-order valence-electron chi connectivity index (χ0n) is 11.2. The highest BCUT2D eigenvalue weighted by Crippen LogP contribution is 2.38. The highest BCUT2D eigenvalue weighted by molar-refractivity contribution is 5.70. The molecule has 0 amide bonds. The molecule has 0 bridgehead atoms. The Morgan fingerprint density at radius 2 is 2.11 bits per heavy atom. The van der Waals surface area contributed by atoms with Crippen LogP contribution in [0.3, 0.4) is 0 Å². The van der Waals surface area contributed by atoms with Crippen LogP contribution in [0.1, 0.15) is 31.4 Å². The van der Waals surface area contributed by atoms with Gasteiger partial charge in [0.05, 0.1) is 13.2 Å². The summed E-state index contributed by atoms with van der Waals surface area (Å²) in [6, 6.07) is 10.0. The van der Waals surface area contributed by atoms with E-state index in [0.29, 0.717) is 13.2 Å². The highest BCUT2D eigenvalue weighted by atomic mass is 16.6. The van der Waals surface area contributed by atoms with Gasteiger partial charge in [0, 0.05) is 0 Å². The Balaban J connectivity index is 1.57. The largest absolute Gasteiger partial charge is 0.464 e. The molecule has 0 aliphatic carbocycles. The molecule has 1 aliphatic heterocycles. The Kier molecular flexibility index (Phi) is 5.36. The van der Waals surface area contributed by atoms with Crippen molar-refractivity contribution in [3.05, 3.63) is 35.9 Å². The third-order valence-electron chi connectivity index (χ3n) is 2.97. The van der Waals surface area contributed by atoms with Crippen LogP contribution in [-0.2, 0) is 19.0 Å². The molecule has 0 N–H and O–H groups in total. The first kappa shape index (κ1) is 14.0. The van der Waals surface area contributed by atoms with Gasteiger partial charge in [-0.2, -0.15) is 0 Å². The van der Waals surface area contributed by atoms with Crippen LogP contribution in [0.4, 0.5) is 0 Å². The summed E-state index contributed by atoms with van der Waals surface area (Å²) in [4.78, 5) is 11.3. The molecule has 1 fully saturated rings. The van der Waals surface area contributed by atoms with E-state index in [0.717, 1.165) is 18.4 Å². The smallest absolute Gasteiger partial charge is 0.332 e. The van der Waals surface area contributed by atoms with E-state index >= 15 is 0 Å². The number of benzene rings is 1. The molecule has 1 saturated heterocycles. The molecule has 1 aromatic carbocycles. The summed E-state index contributed by atoms with van der Waals surface area (Å²) in [5, 5.41) is 0. The van der Waals surface area contributed by atoms with E-state index in [1.807, 2.05) is 30.3 Å². The van der Waals surface area contributed by atoms with E-state index < -0.39 is 0 Å². The number of hydrogen-bond acceptors (Lipinski definition) is 4. The first-order valence-corrected chi connectivity index (χ1v) is 6.75. The number of carbonyl (C=O) groups excluding carboxylic acids is 1. The molecular weight excluding hydrogens is 244 g/mol. The Morgan fingerprint density at radius 1 is 1.32 bits per heavy atom. The summed E-state index contributed by atoms with van der Waals surface area (Å²) in [5.41, 5.74) is 1.15. The number of epoxide rings is 1. The summed E-state index contributed by atoms with van der Waals surface area (Å²) in [5.74, 6) is -0.301. The highest BCUT2D eigenvalue weighted by Gasteiger charge is 2.40. The van der Waals surface area contributed by atoms with Gasteiger partial charge in [-0.25, -0.2) is 4.79 Å². The first-order chi connectivity index (χ1) is 9.31. The summed E-state index contributed by atoms with van der Waals surface area (Å²) >= 11 is 0. The van der Waals surface area contributed by atoms with E-state index in [1.54, 1.807) is 0 Å². The lowest BCUT2D eigenvalue weighted by Gasteiger charge is -2.04. The second-order valence-corrected chi connectivity index (χ2v) is 4.59. The molecule has 0 aromatic heterocycles. The average molecular weight is 264 g/mol. The number of hydrogen-bond donors (Lipinski definition) is 0. The number of carbonyl (C=O) groups is 1. The number of unbranched alkanes of at least 4 members (excludes halogenated alkanes) is 1. The molecule has 1 heterocycles. The van der Waals surface area contributed by atoms with Crippen LogP contribution >= 0.6 is 0 Å². The summed E-state index contributed by atoms with van der Waals surface area (Å²) in [6.45, 7) is 2.97. The molecule has 0 radical (unpaired) electrons. The fourth-order valence-corrected chi connectivity index (χ4v) is 1.84. The predicted octanol–water partition coefficient (Wildman–Crippen LogP) is 2.49. The van der Waals surface area contributed by atoms with Crippen molar-refractivity contribution >= 4 is 5.97 Å². The molecule has 0 spiro atoms. The molecule has 1 aliphatic rings. The zero-order valence-corrected chi connectivity index (χ0v) is 11.2. The minimum Gasteiger partial charge on any atom is -0.464 e. The molecule has 2 rings (SSSR count). The Bertz CT molecular complexity index is 390. The molecular formula is C15H20O4. The normalized spacial score (nSPS) is 21.1. The fraction of sp³-hybridized carbons (Fsp3) is 0.533. The maximum atomic E-state index is 11.3. The SMILES string of the molecule is CCCCOC(=O)COCC1OC1c1ccccc1. The third kappa shape index (κ3) is 4.65. The van der Waals surface area contributed by atoms with E-state index in [-0.39, 0.29) is 24.8 Å². The molecule has 1 aromatic rings. The van der Waals surface area contributed by atoms with Gasteiger partial charge in [-0.05, 0) is 12.0 Å². The van der Waals surface area contributed by atoms with E-state index in [4.69, 9.17) is 14.2 Å². The first-order valence-electron chi connectivity index (χ1n) is 6.75. The van der Waals surface area contributed by atoms with Gasteiger partial charge in [0.25, 0.3) is 0 Å². The quantitative estimate of drug-likeness (QED) is 0.411. The monoisotopic (exact) mass is 264 g/mol. The summed E-state index contributed by atoms with van der Waals surface area (Å²) < 4.78 is 15.8. The van der Waals surface area contributed by atoms with Gasteiger partial charge < -0.3 is 14.2 Å². The maximum absolute atomic E-state index is 11.3. The van der Waals surface area contributed by atoms with Crippen molar-refractivity contribution in [2.24, 2.45) is 0 Å². The van der Waals surface area contributed by atoms with Crippen LogP contribution < -0.4 is 0 Å². The van der Waals surface area contributed by atoms with Gasteiger partial charge in [0.15, 0.2) is 0 Å². The van der Waals surface area contributed by atoms with Crippen molar-refractivity contribution in [2.75, 3.05) is 19.8 Å². The standard InChI is InChI=1S/C15H20O4/c1-2-3-9-18-14(16)11-17-10-13-15(19-13)12-7-5-4-6-8-12/h4-8,13,15H,2-3,9-11H2,1H3. The van der Waals surface area contributed by atoms with Gasteiger partial charge in [0.2, 0.25) is 0 Å². The fourth-order valence-electron chi connectivity index (χ4n) is 1.84. The van der Waals surface area contributed by atoms with Crippen molar-refractivity contribution in [2.45, 2.75) is 32.0 Å². The van der Waals surface area contributed by atoms with Gasteiger partial charge in [-0.15, -0.1) is 0 Å². The van der Waals surface area contributed by atoms with Crippen LogP contribution in [-0.4, -0.2) is 31.9 Å². The van der Waals surface area contributed by atoms with Crippen molar-refractivity contribution < 1.29 is 19.0 Å². The van der Waals surface area contributed by atoms with E-state index in [9.17, 15) is 4.79 Å². The van der Waals surface area contributed by atoms with Gasteiger partial charge in [0.1, 0.15) is 18.8 Å². The van der Waals surface area contributed by atoms with Crippen LogP contribution in [0.5, 0.6) is 0 Å². The molecule has 2 unspecified atom stereocenters. The van der Waals surface area contributed by atoms with Crippen LogP contribution in [0, 0.1) is 0 Å². The summed E-state index contributed by atoms with van der Waals surface area (Å²) in [7, 11) is 0. The predicted molar refractivity (Wildman–Crippen MR) is 70.7 cm³/mol. The van der Waals surface area contributed by atoms with Crippen LogP contribution in [0.25, 0.3) is 0 Å². The second-order valence-electron chi connectivity index (χ2n) is 4.59. The Labute approximate surface area is 113 Å². The number of esters is 1. The van der Waals surface area contributed by atoms with E-state index in [2.05, 4.69) is 6.92 Å². The Hall–Kier alpha value is -1.39. The lowest BCUT2D eigenvalue weighted by molar-refractivity contribution is -0.149. The minimum absolute atomic E-state index is 0.00504. The number of rotatable bonds is 8. The zero-order chi connectivity index (χ0) is 13.5. The van der Waals surface area contributed by atoms with Gasteiger partial charge >= 0.3 is 5.97 Å². The minimum atomic E-state index is -0.301.